The zero-order valence-corrected chi connectivity index (χ0v) is 10.1. The second-order valence-corrected chi connectivity index (χ2v) is 3.89. The highest BCUT2D eigenvalue weighted by Gasteiger charge is 1.98. The Kier molecular flexibility index (Phi) is 3.64. The molecule has 2 aromatic heterocycles. The number of hydrogen-bond donors (Lipinski definition) is 1. The van der Waals surface area contributed by atoms with E-state index < -0.39 is 0 Å². The van der Waals surface area contributed by atoms with Crippen molar-refractivity contribution in [1.29, 1.82) is 0 Å². The van der Waals surface area contributed by atoms with Gasteiger partial charge >= 0.3 is 0 Å². The van der Waals surface area contributed by atoms with E-state index in [4.69, 9.17) is 0 Å². The lowest BCUT2D eigenvalue weighted by Crippen LogP contribution is -2.09. The summed E-state index contributed by atoms with van der Waals surface area (Å²) in [6, 6.07) is 1.95. The van der Waals surface area contributed by atoms with Gasteiger partial charge in [-0.1, -0.05) is 5.21 Å². The predicted molar refractivity (Wildman–Crippen MR) is 64.6 cm³/mol. The lowest BCUT2D eigenvalue weighted by molar-refractivity contribution is 0.569. The van der Waals surface area contributed by atoms with Crippen molar-refractivity contribution in [3.8, 4) is 0 Å². The first-order valence-corrected chi connectivity index (χ1v) is 5.64. The van der Waals surface area contributed by atoms with E-state index in [2.05, 4.69) is 25.6 Å². The molecule has 1 N–H and O–H groups in total. The minimum absolute atomic E-state index is 0.795. The molecule has 0 aliphatic heterocycles. The standard InChI is InChI=1S/C11H16N6/c1-9-8-11(15-10(2)14-9)12-4-3-6-17-7-5-13-16-17/h5,7-8H,3-4,6H2,1-2H3,(H,12,14,15). The lowest BCUT2D eigenvalue weighted by atomic mass is 10.4. The van der Waals surface area contributed by atoms with Crippen LogP contribution in [-0.2, 0) is 6.54 Å². The Morgan fingerprint density at radius 2 is 2.18 bits per heavy atom. The van der Waals surface area contributed by atoms with Crippen molar-refractivity contribution in [2.75, 3.05) is 11.9 Å². The molecule has 2 rings (SSSR count). The molecule has 0 aliphatic carbocycles. The van der Waals surface area contributed by atoms with E-state index in [0.29, 0.717) is 0 Å². The third kappa shape index (κ3) is 3.51. The SMILES string of the molecule is Cc1cc(NCCCn2ccnn2)nc(C)n1. The van der Waals surface area contributed by atoms with Gasteiger partial charge in [0.15, 0.2) is 0 Å². The Balaban J connectivity index is 1.78. The van der Waals surface area contributed by atoms with Crippen LogP contribution in [0, 0.1) is 13.8 Å². The molecule has 0 amide bonds. The van der Waals surface area contributed by atoms with Crippen molar-refractivity contribution in [2.45, 2.75) is 26.8 Å². The highest BCUT2D eigenvalue weighted by Crippen LogP contribution is 2.05. The molecule has 6 nitrogen and oxygen atoms in total. The first-order chi connectivity index (χ1) is 8.24. The molecule has 0 atom stereocenters. The van der Waals surface area contributed by atoms with Gasteiger partial charge in [-0.15, -0.1) is 5.10 Å². The van der Waals surface area contributed by atoms with Crippen LogP contribution in [0.25, 0.3) is 0 Å². The van der Waals surface area contributed by atoms with Crippen LogP contribution in [0.15, 0.2) is 18.5 Å². The van der Waals surface area contributed by atoms with Gasteiger partial charge < -0.3 is 5.32 Å². The molecule has 0 spiro atoms. The van der Waals surface area contributed by atoms with E-state index in [1.807, 2.05) is 30.8 Å². The summed E-state index contributed by atoms with van der Waals surface area (Å²) < 4.78 is 1.82. The van der Waals surface area contributed by atoms with E-state index in [-0.39, 0.29) is 0 Å². The van der Waals surface area contributed by atoms with Crippen molar-refractivity contribution in [1.82, 2.24) is 25.0 Å². The molecule has 0 bridgehead atoms. The average molecular weight is 232 g/mol. The molecule has 0 unspecified atom stereocenters. The monoisotopic (exact) mass is 232 g/mol. The molecule has 17 heavy (non-hydrogen) atoms. The minimum atomic E-state index is 0.795. The van der Waals surface area contributed by atoms with Crippen LogP contribution in [0.1, 0.15) is 17.9 Å². The molecule has 0 saturated carbocycles. The van der Waals surface area contributed by atoms with Crippen LogP contribution < -0.4 is 5.32 Å². The van der Waals surface area contributed by atoms with Crippen molar-refractivity contribution >= 4 is 5.82 Å². The minimum Gasteiger partial charge on any atom is -0.370 e. The van der Waals surface area contributed by atoms with Gasteiger partial charge in [-0.05, 0) is 20.3 Å². The molecule has 2 heterocycles. The van der Waals surface area contributed by atoms with Gasteiger partial charge in [0, 0.05) is 31.0 Å². The highest BCUT2D eigenvalue weighted by atomic mass is 15.4. The van der Waals surface area contributed by atoms with E-state index in [1.165, 1.54) is 0 Å². The van der Waals surface area contributed by atoms with Crippen LogP contribution >= 0.6 is 0 Å². The number of rotatable bonds is 5. The van der Waals surface area contributed by atoms with Crippen LogP contribution in [0.5, 0.6) is 0 Å². The Hall–Kier alpha value is -1.98. The lowest BCUT2D eigenvalue weighted by Gasteiger charge is -2.06. The topological polar surface area (TPSA) is 68.5 Å². The Labute approximate surface area is 100 Å². The quantitative estimate of drug-likeness (QED) is 0.784. The van der Waals surface area contributed by atoms with Crippen molar-refractivity contribution in [2.24, 2.45) is 0 Å². The fourth-order valence-corrected chi connectivity index (χ4v) is 1.62. The summed E-state index contributed by atoms with van der Waals surface area (Å²) in [5, 5.41) is 10.9. The molecular weight excluding hydrogens is 216 g/mol. The van der Waals surface area contributed by atoms with Gasteiger partial charge in [0.05, 0.1) is 6.20 Å². The van der Waals surface area contributed by atoms with Crippen molar-refractivity contribution in [3.05, 3.63) is 30.0 Å². The van der Waals surface area contributed by atoms with Gasteiger partial charge in [-0.3, -0.25) is 4.68 Å². The summed E-state index contributed by atoms with van der Waals surface area (Å²) in [7, 11) is 0. The molecular formula is C11H16N6. The van der Waals surface area contributed by atoms with Crippen LogP contribution in [-0.4, -0.2) is 31.5 Å². The Morgan fingerprint density at radius 3 is 2.88 bits per heavy atom. The molecule has 0 saturated heterocycles. The number of aromatic nitrogens is 5. The number of hydrogen-bond acceptors (Lipinski definition) is 5. The summed E-state index contributed by atoms with van der Waals surface area (Å²) in [5.74, 6) is 1.68. The van der Waals surface area contributed by atoms with Crippen LogP contribution in [0.4, 0.5) is 5.82 Å². The van der Waals surface area contributed by atoms with Crippen LogP contribution in [0.2, 0.25) is 0 Å². The molecule has 0 fully saturated rings. The molecule has 0 radical (unpaired) electrons. The first-order valence-electron chi connectivity index (χ1n) is 5.64. The van der Waals surface area contributed by atoms with E-state index in [0.717, 1.165) is 36.8 Å². The largest absolute Gasteiger partial charge is 0.370 e. The summed E-state index contributed by atoms with van der Waals surface area (Å²) in [6.07, 6.45) is 4.52. The fourth-order valence-electron chi connectivity index (χ4n) is 1.62. The third-order valence-corrected chi connectivity index (χ3v) is 2.31. The molecule has 6 heteroatoms. The van der Waals surface area contributed by atoms with Crippen molar-refractivity contribution < 1.29 is 0 Å². The molecule has 2 aromatic rings. The Bertz CT molecular complexity index is 445. The second kappa shape index (κ2) is 5.38. The second-order valence-electron chi connectivity index (χ2n) is 3.89. The van der Waals surface area contributed by atoms with Gasteiger partial charge in [-0.25, -0.2) is 9.97 Å². The molecule has 90 valence electrons. The average Bonchev–Trinajstić information content (AvgIpc) is 2.76. The van der Waals surface area contributed by atoms with Crippen molar-refractivity contribution in [3.63, 3.8) is 0 Å². The summed E-state index contributed by atoms with van der Waals surface area (Å²) in [4.78, 5) is 8.54. The van der Waals surface area contributed by atoms with Gasteiger partial charge in [-0.2, -0.15) is 0 Å². The maximum atomic E-state index is 4.31. The summed E-state index contributed by atoms with van der Waals surface area (Å²) >= 11 is 0. The highest BCUT2D eigenvalue weighted by molar-refractivity contribution is 5.35. The number of nitrogens with one attached hydrogen (secondary N) is 1. The maximum Gasteiger partial charge on any atom is 0.129 e. The molecule has 0 aliphatic rings. The summed E-state index contributed by atoms with van der Waals surface area (Å²) in [5.41, 5.74) is 0.983. The Morgan fingerprint density at radius 1 is 1.29 bits per heavy atom. The maximum absolute atomic E-state index is 4.31. The zero-order valence-electron chi connectivity index (χ0n) is 10.1. The number of aryl methyl sites for hydroxylation is 3. The van der Waals surface area contributed by atoms with Gasteiger partial charge in [0.25, 0.3) is 0 Å². The fraction of sp³-hybridized carbons (Fsp3) is 0.455. The first kappa shape index (κ1) is 11.5. The molecule has 0 aromatic carbocycles. The third-order valence-electron chi connectivity index (χ3n) is 2.31. The number of nitrogens with zero attached hydrogens (tertiary/aromatic N) is 5. The van der Waals surface area contributed by atoms with Gasteiger partial charge in [0.1, 0.15) is 11.6 Å². The van der Waals surface area contributed by atoms with E-state index in [9.17, 15) is 0 Å². The van der Waals surface area contributed by atoms with Gasteiger partial charge in [0.2, 0.25) is 0 Å². The van der Waals surface area contributed by atoms with E-state index >= 15 is 0 Å². The number of anilines is 1. The normalized spacial score (nSPS) is 10.5. The zero-order chi connectivity index (χ0) is 12.1. The van der Waals surface area contributed by atoms with E-state index in [1.54, 1.807) is 6.20 Å². The smallest absolute Gasteiger partial charge is 0.129 e. The summed E-state index contributed by atoms with van der Waals surface area (Å²) in [6.45, 7) is 5.58. The predicted octanol–water partition coefficient (Wildman–Crippen LogP) is 1.19. The van der Waals surface area contributed by atoms with Crippen LogP contribution in [0.3, 0.4) is 0 Å².